The molecule has 3 heterocycles. The second-order valence-corrected chi connectivity index (χ2v) is 6.79. The van der Waals surface area contributed by atoms with Crippen LogP contribution in [-0.2, 0) is 20.0 Å². The highest BCUT2D eigenvalue weighted by Gasteiger charge is 2.22. The maximum atomic E-state index is 5.64. The van der Waals surface area contributed by atoms with Crippen LogP contribution in [0.4, 0.5) is 0 Å². The Kier molecular flexibility index (Phi) is 4.61. The maximum absolute atomic E-state index is 5.64. The molecule has 0 amide bonds. The third-order valence-corrected chi connectivity index (χ3v) is 4.94. The number of aromatic nitrogens is 4. The van der Waals surface area contributed by atoms with Crippen LogP contribution < -0.4 is 0 Å². The van der Waals surface area contributed by atoms with Gasteiger partial charge in [-0.1, -0.05) is 18.2 Å². The normalized spacial score (nSPS) is 16.4. The Bertz CT molecular complexity index is 802. The second kappa shape index (κ2) is 7.19. The number of aryl methyl sites for hydroxylation is 1. The van der Waals surface area contributed by atoms with E-state index in [1.54, 1.807) is 12.6 Å². The van der Waals surface area contributed by atoms with Crippen molar-refractivity contribution in [2.45, 2.75) is 25.8 Å². The van der Waals surface area contributed by atoms with E-state index >= 15 is 0 Å². The molecule has 1 fully saturated rings. The average molecular weight is 337 g/mol. The summed E-state index contributed by atoms with van der Waals surface area (Å²) >= 11 is 0. The number of benzene rings is 1. The lowest BCUT2D eigenvalue weighted by Gasteiger charge is -2.31. The number of oxazole rings is 1. The molecule has 0 radical (unpaired) electrons. The molecule has 0 bridgehead atoms. The van der Waals surface area contributed by atoms with Crippen LogP contribution in [0.3, 0.4) is 0 Å². The highest BCUT2D eigenvalue weighted by molar-refractivity contribution is 5.52. The Morgan fingerprint density at radius 1 is 1.16 bits per heavy atom. The zero-order valence-electron chi connectivity index (χ0n) is 14.5. The van der Waals surface area contributed by atoms with Crippen LogP contribution >= 0.6 is 0 Å². The lowest BCUT2D eigenvalue weighted by molar-refractivity contribution is 0.173. The first-order chi connectivity index (χ1) is 12.3. The van der Waals surface area contributed by atoms with Crippen molar-refractivity contribution in [2.24, 2.45) is 13.0 Å². The van der Waals surface area contributed by atoms with E-state index in [0.717, 1.165) is 43.1 Å². The van der Waals surface area contributed by atoms with Gasteiger partial charge in [0.05, 0.1) is 5.69 Å². The Balaban J connectivity index is 1.30. The highest BCUT2D eigenvalue weighted by atomic mass is 16.3. The molecular weight excluding hydrogens is 314 g/mol. The third-order valence-electron chi connectivity index (χ3n) is 4.94. The van der Waals surface area contributed by atoms with E-state index in [-0.39, 0.29) is 0 Å². The van der Waals surface area contributed by atoms with Gasteiger partial charge in [-0.25, -0.2) is 4.98 Å². The quantitative estimate of drug-likeness (QED) is 0.716. The summed E-state index contributed by atoms with van der Waals surface area (Å²) in [5.41, 5.74) is 2.03. The van der Waals surface area contributed by atoms with Crippen LogP contribution in [0.5, 0.6) is 0 Å². The number of rotatable bonds is 5. The zero-order valence-corrected chi connectivity index (χ0v) is 14.5. The van der Waals surface area contributed by atoms with Crippen molar-refractivity contribution in [3.8, 4) is 11.5 Å². The summed E-state index contributed by atoms with van der Waals surface area (Å²) in [4.78, 5) is 7.09. The summed E-state index contributed by atoms with van der Waals surface area (Å²) in [5, 5.41) is 8.17. The molecule has 25 heavy (non-hydrogen) atoms. The van der Waals surface area contributed by atoms with E-state index in [9.17, 15) is 0 Å². The molecule has 0 N–H and O–H groups in total. The molecule has 6 nitrogen and oxygen atoms in total. The van der Waals surface area contributed by atoms with Gasteiger partial charge in [-0.2, -0.15) is 0 Å². The van der Waals surface area contributed by atoms with E-state index in [1.807, 2.05) is 41.9 Å². The topological polar surface area (TPSA) is 60.0 Å². The fraction of sp³-hybridized carbons (Fsp3) is 0.421. The molecule has 130 valence electrons. The van der Waals surface area contributed by atoms with E-state index in [1.165, 1.54) is 12.8 Å². The highest BCUT2D eigenvalue weighted by Crippen LogP contribution is 2.23. The summed E-state index contributed by atoms with van der Waals surface area (Å²) in [5.74, 6) is 2.48. The minimum Gasteiger partial charge on any atom is -0.444 e. The van der Waals surface area contributed by atoms with E-state index in [0.29, 0.717) is 11.8 Å². The fourth-order valence-electron chi connectivity index (χ4n) is 3.42. The van der Waals surface area contributed by atoms with Crippen molar-refractivity contribution in [3.63, 3.8) is 0 Å². The van der Waals surface area contributed by atoms with Gasteiger partial charge in [-0.15, -0.1) is 10.2 Å². The van der Waals surface area contributed by atoms with Gasteiger partial charge in [0.15, 0.2) is 0 Å². The van der Waals surface area contributed by atoms with Gasteiger partial charge in [-0.3, -0.25) is 4.90 Å². The number of piperidine rings is 1. The van der Waals surface area contributed by atoms with Gasteiger partial charge in [0.2, 0.25) is 5.89 Å². The molecule has 1 aromatic carbocycles. The van der Waals surface area contributed by atoms with Crippen LogP contribution in [0.15, 0.2) is 47.3 Å². The van der Waals surface area contributed by atoms with Gasteiger partial charge < -0.3 is 8.98 Å². The summed E-state index contributed by atoms with van der Waals surface area (Å²) in [6.07, 6.45) is 6.96. The molecule has 0 spiro atoms. The Hall–Kier alpha value is -2.47. The SMILES string of the molecule is Cn1cnnc1CC1CCN(Cc2coc(-c3ccccc3)n2)CC1. The molecule has 3 aromatic rings. The van der Waals surface area contributed by atoms with Gasteiger partial charge in [-0.05, 0) is 44.0 Å². The molecule has 1 aliphatic rings. The summed E-state index contributed by atoms with van der Waals surface area (Å²) in [6, 6.07) is 10.0. The fourth-order valence-corrected chi connectivity index (χ4v) is 3.42. The number of hydrogen-bond acceptors (Lipinski definition) is 5. The zero-order chi connectivity index (χ0) is 17.1. The first-order valence-corrected chi connectivity index (χ1v) is 8.83. The molecule has 6 heteroatoms. The van der Waals surface area contributed by atoms with E-state index in [4.69, 9.17) is 4.42 Å². The number of nitrogens with zero attached hydrogens (tertiary/aromatic N) is 5. The minimum absolute atomic E-state index is 0.691. The maximum Gasteiger partial charge on any atom is 0.226 e. The molecule has 0 aliphatic carbocycles. The third kappa shape index (κ3) is 3.79. The number of likely N-dealkylation sites (tertiary alicyclic amines) is 1. The second-order valence-electron chi connectivity index (χ2n) is 6.79. The summed E-state index contributed by atoms with van der Waals surface area (Å²) in [7, 11) is 2.01. The van der Waals surface area contributed by atoms with Gasteiger partial charge in [0.25, 0.3) is 0 Å². The summed E-state index contributed by atoms with van der Waals surface area (Å²) < 4.78 is 7.66. The Labute approximate surface area is 147 Å². The molecule has 1 saturated heterocycles. The van der Waals surface area contributed by atoms with Crippen LogP contribution in [0.2, 0.25) is 0 Å². The molecule has 2 aromatic heterocycles. The molecule has 1 aliphatic heterocycles. The van der Waals surface area contributed by atoms with Crippen molar-refractivity contribution in [2.75, 3.05) is 13.1 Å². The lowest BCUT2D eigenvalue weighted by Crippen LogP contribution is -2.34. The smallest absolute Gasteiger partial charge is 0.226 e. The monoisotopic (exact) mass is 337 g/mol. The van der Waals surface area contributed by atoms with Crippen molar-refractivity contribution in [1.82, 2.24) is 24.6 Å². The van der Waals surface area contributed by atoms with Gasteiger partial charge in [0, 0.05) is 25.6 Å². The summed E-state index contributed by atoms with van der Waals surface area (Å²) in [6.45, 7) is 3.04. The predicted molar refractivity (Wildman–Crippen MR) is 94.6 cm³/mol. The first kappa shape index (κ1) is 16.0. The Morgan fingerprint density at radius 2 is 1.96 bits per heavy atom. The van der Waals surface area contributed by atoms with Crippen LogP contribution in [-0.4, -0.2) is 37.7 Å². The number of hydrogen-bond donors (Lipinski definition) is 0. The molecule has 0 unspecified atom stereocenters. The van der Waals surface area contributed by atoms with Crippen molar-refractivity contribution >= 4 is 0 Å². The minimum atomic E-state index is 0.691. The lowest BCUT2D eigenvalue weighted by atomic mass is 9.93. The van der Waals surface area contributed by atoms with Gasteiger partial charge in [0.1, 0.15) is 18.4 Å². The molecular formula is C19H23N5O. The average Bonchev–Trinajstić information content (AvgIpc) is 3.27. The first-order valence-electron chi connectivity index (χ1n) is 8.83. The molecule has 0 atom stereocenters. The van der Waals surface area contributed by atoms with Crippen LogP contribution in [0.25, 0.3) is 11.5 Å². The van der Waals surface area contributed by atoms with E-state index < -0.39 is 0 Å². The predicted octanol–water partition coefficient (Wildman–Crippen LogP) is 2.92. The van der Waals surface area contributed by atoms with Crippen molar-refractivity contribution in [3.05, 3.63) is 54.4 Å². The standard InChI is InChI=1S/C19H23N5O/c1-23-14-20-22-18(23)11-15-7-9-24(10-8-15)12-17-13-25-19(21-17)16-5-3-2-4-6-16/h2-6,13-15H,7-12H2,1H3. The Morgan fingerprint density at radius 3 is 2.68 bits per heavy atom. The van der Waals surface area contributed by atoms with Crippen molar-refractivity contribution in [1.29, 1.82) is 0 Å². The van der Waals surface area contributed by atoms with E-state index in [2.05, 4.69) is 20.1 Å². The molecule has 0 saturated carbocycles. The molecule has 4 rings (SSSR count). The van der Waals surface area contributed by atoms with Crippen LogP contribution in [0, 0.1) is 5.92 Å². The van der Waals surface area contributed by atoms with Crippen molar-refractivity contribution < 1.29 is 4.42 Å². The van der Waals surface area contributed by atoms with Gasteiger partial charge >= 0.3 is 0 Å². The van der Waals surface area contributed by atoms with Crippen LogP contribution in [0.1, 0.15) is 24.4 Å². The largest absolute Gasteiger partial charge is 0.444 e.